The second kappa shape index (κ2) is 8.87. The Hall–Kier alpha value is -2.59. The molecule has 0 aromatic carbocycles. The Morgan fingerprint density at radius 1 is 1.22 bits per heavy atom. The van der Waals surface area contributed by atoms with Crippen LogP contribution in [-0.2, 0) is 20.9 Å². The van der Waals surface area contributed by atoms with E-state index in [1.54, 1.807) is 42.8 Å². The fourth-order valence-electron chi connectivity index (χ4n) is 2.70. The number of aromatic nitrogens is 3. The van der Waals surface area contributed by atoms with Crippen molar-refractivity contribution in [1.29, 1.82) is 0 Å². The summed E-state index contributed by atoms with van der Waals surface area (Å²) in [5.41, 5.74) is 0.192. The van der Waals surface area contributed by atoms with Crippen LogP contribution in [-0.4, -0.2) is 71.1 Å². The molecule has 9 nitrogen and oxygen atoms in total. The average molecular weight is 391 g/mol. The number of hydrogen-bond donors (Lipinski definition) is 0. The van der Waals surface area contributed by atoms with Crippen molar-refractivity contribution in [3.05, 3.63) is 34.5 Å². The van der Waals surface area contributed by atoms with Gasteiger partial charge in [-0.1, -0.05) is 0 Å². The lowest BCUT2D eigenvalue weighted by Gasteiger charge is -2.35. The molecule has 10 heteroatoms. The number of piperazine rings is 1. The quantitative estimate of drug-likeness (QED) is 0.672. The van der Waals surface area contributed by atoms with Crippen LogP contribution >= 0.6 is 11.3 Å². The van der Waals surface area contributed by atoms with E-state index in [0.717, 1.165) is 0 Å². The van der Waals surface area contributed by atoms with Crippen LogP contribution in [0.3, 0.4) is 0 Å². The molecule has 3 heterocycles. The molecule has 0 aliphatic carbocycles. The van der Waals surface area contributed by atoms with Gasteiger partial charge in [-0.2, -0.15) is 0 Å². The number of hydrogen-bond acceptors (Lipinski definition) is 9. The minimum absolute atomic E-state index is 0.192. The van der Waals surface area contributed by atoms with Crippen molar-refractivity contribution in [2.75, 3.05) is 38.2 Å². The standard InChI is InChI=1S/C17H21N5O4S/c1-12(26-16(24)13-11-27-14(20-13)10-25-2)15(23)21-6-8-22(9-7-21)17-18-4-3-5-19-17/h3-5,11-12H,6-10H2,1-2H3. The van der Waals surface area contributed by atoms with E-state index in [0.29, 0.717) is 43.7 Å². The molecule has 0 saturated carbocycles. The summed E-state index contributed by atoms with van der Waals surface area (Å²) in [6, 6.07) is 1.76. The zero-order valence-electron chi connectivity index (χ0n) is 15.2. The van der Waals surface area contributed by atoms with E-state index >= 15 is 0 Å². The van der Waals surface area contributed by atoms with Crippen molar-refractivity contribution in [3.8, 4) is 0 Å². The zero-order valence-corrected chi connectivity index (χ0v) is 16.0. The van der Waals surface area contributed by atoms with Crippen LogP contribution in [0.1, 0.15) is 22.4 Å². The first kappa shape index (κ1) is 19.2. The Morgan fingerprint density at radius 3 is 2.59 bits per heavy atom. The molecule has 1 aliphatic rings. The SMILES string of the molecule is COCc1nc(C(=O)OC(C)C(=O)N2CCN(c3ncccn3)CC2)cs1. The molecule has 3 rings (SSSR count). The van der Waals surface area contributed by atoms with E-state index in [9.17, 15) is 9.59 Å². The summed E-state index contributed by atoms with van der Waals surface area (Å²) in [6.45, 7) is 4.21. The van der Waals surface area contributed by atoms with E-state index in [1.807, 2.05) is 4.90 Å². The van der Waals surface area contributed by atoms with Gasteiger partial charge in [-0.15, -0.1) is 11.3 Å². The number of rotatable bonds is 6. The number of ether oxygens (including phenoxy) is 2. The summed E-state index contributed by atoms with van der Waals surface area (Å²) >= 11 is 1.31. The Kier molecular flexibility index (Phi) is 6.30. The maximum absolute atomic E-state index is 12.6. The highest BCUT2D eigenvalue weighted by Gasteiger charge is 2.28. The van der Waals surface area contributed by atoms with Gasteiger partial charge in [-0.25, -0.2) is 19.7 Å². The first-order valence-electron chi connectivity index (χ1n) is 8.53. The third-order valence-electron chi connectivity index (χ3n) is 4.09. The van der Waals surface area contributed by atoms with Crippen LogP contribution in [0, 0.1) is 0 Å². The predicted molar refractivity (Wildman–Crippen MR) is 98.5 cm³/mol. The number of anilines is 1. The molecule has 0 spiro atoms. The van der Waals surface area contributed by atoms with Gasteiger partial charge in [-0.3, -0.25) is 4.79 Å². The van der Waals surface area contributed by atoms with E-state index in [-0.39, 0.29) is 11.6 Å². The van der Waals surface area contributed by atoms with E-state index in [1.165, 1.54) is 11.3 Å². The molecule has 27 heavy (non-hydrogen) atoms. The molecule has 0 bridgehead atoms. The molecule has 1 amide bonds. The largest absolute Gasteiger partial charge is 0.448 e. The number of thiazole rings is 1. The van der Waals surface area contributed by atoms with Crippen molar-refractivity contribution in [3.63, 3.8) is 0 Å². The number of esters is 1. The van der Waals surface area contributed by atoms with E-state index in [2.05, 4.69) is 15.0 Å². The van der Waals surface area contributed by atoms with Crippen LogP contribution < -0.4 is 4.90 Å². The van der Waals surface area contributed by atoms with Crippen molar-refractivity contribution in [1.82, 2.24) is 19.9 Å². The molecule has 1 aliphatic heterocycles. The van der Waals surface area contributed by atoms with Crippen molar-refractivity contribution < 1.29 is 19.1 Å². The number of nitrogens with zero attached hydrogens (tertiary/aromatic N) is 5. The fourth-order valence-corrected chi connectivity index (χ4v) is 3.44. The van der Waals surface area contributed by atoms with E-state index < -0.39 is 12.1 Å². The van der Waals surface area contributed by atoms with Crippen LogP contribution in [0.15, 0.2) is 23.8 Å². The number of carbonyl (C=O) groups is 2. The number of methoxy groups -OCH3 is 1. The Labute approximate surface area is 161 Å². The fraction of sp³-hybridized carbons (Fsp3) is 0.471. The highest BCUT2D eigenvalue weighted by Crippen LogP contribution is 2.14. The summed E-state index contributed by atoms with van der Waals surface area (Å²) in [6.07, 6.45) is 2.51. The summed E-state index contributed by atoms with van der Waals surface area (Å²) in [4.78, 5) is 41.1. The zero-order chi connectivity index (χ0) is 19.2. The topological polar surface area (TPSA) is 97.8 Å². The second-order valence-electron chi connectivity index (χ2n) is 5.97. The molecule has 1 fully saturated rings. The summed E-state index contributed by atoms with van der Waals surface area (Å²) in [7, 11) is 1.56. The molecule has 0 radical (unpaired) electrons. The molecule has 1 atom stereocenters. The minimum atomic E-state index is -0.871. The minimum Gasteiger partial charge on any atom is -0.448 e. The highest BCUT2D eigenvalue weighted by atomic mass is 32.1. The molecular weight excluding hydrogens is 370 g/mol. The second-order valence-corrected chi connectivity index (χ2v) is 6.91. The van der Waals surface area contributed by atoms with Gasteiger partial charge in [0.1, 0.15) is 5.01 Å². The van der Waals surface area contributed by atoms with E-state index in [4.69, 9.17) is 9.47 Å². The van der Waals surface area contributed by atoms with Gasteiger partial charge < -0.3 is 19.3 Å². The summed E-state index contributed by atoms with van der Waals surface area (Å²) < 4.78 is 10.3. The Morgan fingerprint density at radius 2 is 1.93 bits per heavy atom. The molecule has 2 aromatic heterocycles. The third-order valence-corrected chi connectivity index (χ3v) is 4.91. The molecule has 1 saturated heterocycles. The van der Waals surface area contributed by atoms with Crippen LogP contribution in [0.25, 0.3) is 0 Å². The molecule has 0 N–H and O–H groups in total. The summed E-state index contributed by atoms with van der Waals surface area (Å²) in [5, 5.41) is 2.29. The monoisotopic (exact) mass is 391 g/mol. The van der Waals surface area contributed by atoms with Crippen LogP contribution in [0.4, 0.5) is 5.95 Å². The third kappa shape index (κ3) is 4.77. The lowest BCUT2D eigenvalue weighted by molar-refractivity contribution is -0.140. The van der Waals surface area contributed by atoms with Gasteiger partial charge in [0.2, 0.25) is 5.95 Å². The molecule has 2 aromatic rings. The molecule has 144 valence electrons. The number of carbonyl (C=O) groups excluding carboxylic acids is 2. The average Bonchev–Trinajstić information content (AvgIpc) is 3.17. The number of amides is 1. The van der Waals surface area contributed by atoms with Crippen molar-refractivity contribution in [2.45, 2.75) is 19.6 Å². The lowest BCUT2D eigenvalue weighted by atomic mass is 10.2. The van der Waals surface area contributed by atoms with Gasteiger partial charge in [0, 0.05) is 51.1 Å². The Bertz CT molecular complexity index is 777. The molecule has 1 unspecified atom stereocenters. The maximum Gasteiger partial charge on any atom is 0.358 e. The van der Waals surface area contributed by atoms with Crippen LogP contribution in [0.2, 0.25) is 0 Å². The molecular formula is C17H21N5O4S. The van der Waals surface area contributed by atoms with Gasteiger partial charge in [0.05, 0.1) is 6.61 Å². The Balaban J connectivity index is 1.51. The van der Waals surface area contributed by atoms with Crippen LogP contribution in [0.5, 0.6) is 0 Å². The van der Waals surface area contributed by atoms with Crippen molar-refractivity contribution in [2.24, 2.45) is 0 Å². The van der Waals surface area contributed by atoms with Crippen molar-refractivity contribution >= 4 is 29.2 Å². The lowest BCUT2D eigenvalue weighted by Crippen LogP contribution is -2.52. The van der Waals surface area contributed by atoms with Gasteiger partial charge in [-0.05, 0) is 13.0 Å². The highest BCUT2D eigenvalue weighted by molar-refractivity contribution is 7.09. The van der Waals surface area contributed by atoms with Gasteiger partial charge >= 0.3 is 5.97 Å². The maximum atomic E-state index is 12.6. The smallest absolute Gasteiger partial charge is 0.358 e. The predicted octanol–water partition coefficient (Wildman–Crippen LogP) is 0.974. The normalized spacial score (nSPS) is 15.5. The first-order valence-corrected chi connectivity index (χ1v) is 9.41. The van der Waals surface area contributed by atoms with Gasteiger partial charge in [0.25, 0.3) is 5.91 Å². The first-order chi connectivity index (χ1) is 13.1. The van der Waals surface area contributed by atoms with Gasteiger partial charge in [0.15, 0.2) is 11.8 Å². The summed E-state index contributed by atoms with van der Waals surface area (Å²) in [5.74, 6) is -0.172.